The van der Waals surface area contributed by atoms with Crippen molar-refractivity contribution in [2.45, 2.75) is 11.3 Å². The predicted octanol–water partition coefficient (Wildman–Crippen LogP) is 0.293. The Hall–Kier alpha value is -1.64. The van der Waals surface area contributed by atoms with Crippen LogP contribution in [0.1, 0.15) is 16.8 Å². The summed E-state index contributed by atoms with van der Waals surface area (Å²) in [6.45, 7) is 2.14. The van der Waals surface area contributed by atoms with Gasteiger partial charge in [-0.2, -0.15) is 4.31 Å². The molecular formula is C13H19N3O4S. The number of carboxylic acids is 1. The zero-order valence-corrected chi connectivity index (χ0v) is 12.6. The van der Waals surface area contributed by atoms with Crippen molar-refractivity contribution in [1.82, 2.24) is 9.21 Å². The van der Waals surface area contributed by atoms with Gasteiger partial charge in [0.15, 0.2) is 0 Å². The van der Waals surface area contributed by atoms with Gasteiger partial charge in [-0.15, -0.1) is 0 Å². The molecule has 8 heteroatoms. The summed E-state index contributed by atoms with van der Waals surface area (Å²) in [6.07, 6.45) is 0.709. The van der Waals surface area contributed by atoms with Gasteiger partial charge >= 0.3 is 5.97 Å². The number of hydrogen-bond acceptors (Lipinski definition) is 5. The molecule has 1 aromatic carbocycles. The quantitative estimate of drug-likeness (QED) is 0.778. The molecule has 1 heterocycles. The number of nitrogens with two attached hydrogens (primary N) is 1. The van der Waals surface area contributed by atoms with Gasteiger partial charge in [0.25, 0.3) is 0 Å². The summed E-state index contributed by atoms with van der Waals surface area (Å²) < 4.78 is 26.8. The Balaban J connectivity index is 2.43. The van der Waals surface area contributed by atoms with Crippen LogP contribution in [0.25, 0.3) is 0 Å². The maximum atomic E-state index is 12.7. The number of nitrogen functional groups attached to an aromatic ring is 1. The summed E-state index contributed by atoms with van der Waals surface area (Å²) in [5.41, 5.74) is 5.60. The van der Waals surface area contributed by atoms with Crippen molar-refractivity contribution in [2.75, 3.05) is 39.0 Å². The summed E-state index contributed by atoms with van der Waals surface area (Å²) in [4.78, 5) is 13.1. The van der Waals surface area contributed by atoms with Gasteiger partial charge in [-0.1, -0.05) is 0 Å². The molecule has 7 nitrogen and oxygen atoms in total. The van der Waals surface area contributed by atoms with Crippen LogP contribution >= 0.6 is 0 Å². The average Bonchev–Trinajstić information content (AvgIpc) is 2.63. The SMILES string of the molecule is CN1CCCN(S(=O)(=O)c2cc(N)ccc2C(=O)O)CC1. The van der Waals surface area contributed by atoms with Crippen LogP contribution in [0.3, 0.4) is 0 Å². The molecule has 1 aliphatic rings. The number of carboxylic acid groups (broad SMARTS) is 1. The number of anilines is 1. The maximum Gasteiger partial charge on any atom is 0.337 e. The Morgan fingerprint density at radius 2 is 1.95 bits per heavy atom. The highest BCUT2D eigenvalue weighted by Crippen LogP contribution is 2.24. The molecule has 0 bridgehead atoms. The molecule has 0 unspecified atom stereocenters. The fraction of sp³-hybridized carbons (Fsp3) is 0.462. The van der Waals surface area contributed by atoms with Gasteiger partial charge in [0.1, 0.15) is 0 Å². The first-order valence-electron chi connectivity index (χ1n) is 6.64. The minimum absolute atomic E-state index is 0.227. The number of nitrogens with zero attached hydrogens (tertiary/aromatic N) is 2. The third-order valence-electron chi connectivity index (χ3n) is 3.53. The van der Waals surface area contributed by atoms with Crippen molar-refractivity contribution in [2.24, 2.45) is 0 Å². The number of sulfonamides is 1. The van der Waals surface area contributed by atoms with E-state index in [0.717, 1.165) is 6.54 Å². The maximum absolute atomic E-state index is 12.7. The van der Waals surface area contributed by atoms with E-state index in [1.807, 2.05) is 11.9 Å². The highest BCUT2D eigenvalue weighted by atomic mass is 32.2. The molecule has 1 fully saturated rings. The van der Waals surface area contributed by atoms with Crippen LogP contribution in [0.4, 0.5) is 5.69 Å². The number of hydrogen-bond donors (Lipinski definition) is 2. The lowest BCUT2D eigenvalue weighted by Gasteiger charge is -2.21. The van der Waals surface area contributed by atoms with Gasteiger partial charge in [-0.3, -0.25) is 0 Å². The summed E-state index contributed by atoms with van der Waals surface area (Å²) in [5, 5.41) is 9.18. The lowest BCUT2D eigenvalue weighted by Crippen LogP contribution is -2.35. The number of carbonyl (C=O) groups is 1. The normalized spacial score (nSPS) is 18.3. The van der Waals surface area contributed by atoms with Crippen LogP contribution in [0, 0.1) is 0 Å². The Kier molecular flexibility index (Phi) is 4.50. The van der Waals surface area contributed by atoms with E-state index in [4.69, 9.17) is 5.73 Å². The first-order chi connectivity index (χ1) is 9.82. The molecule has 2 rings (SSSR count). The zero-order valence-electron chi connectivity index (χ0n) is 11.8. The smallest absolute Gasteiger partial charge is 0.337 e. The van der Waals surface area contributed by atoms with E-state index < -0.39 is 16.0 Å². The van der Waals surface area contributed by atoms with Crippen LogP contribution in [0.5, 0.6) is 0 Å². The van der Waals surface area contributed by atoms with Gasteiger partial charge < -0.3 is 15.7 Å². The van der Waals surface area contributed by atoms with Crippen molar-refractivity contribution in [3.05, 3.63) is 23.8 Å². The van der Waals surface area contributed by atoms with E-state index in [1.54, 1.807) is 0 Å². The molecular weight excluding hydrogens is 294 g/mol. The van der Waals surface area contributed by atoms with Crippen LogP contribution in [-0.4, -0.2) is 61.9 Å². The second-order valence-electron chi connectivity index (χ2n) is 5.12. The molecule has 1 aromatic rings. The third-order valence-corrected chi connectivity index (χ3v) is 5.47. The Morgan fingerprint density at radius 3 is 2.62 bits per heavy atom. The van der Waals surface area contributed by atoms with Crippen LogP contribution < -0.4 is 5.73 Å². The van der Waals surface area contributed by atoms with E-state index in [1.165, 1.54) is 22.5 Å². The molecule has 1 aliphatic heterocycles. The van der Waals surface area contributed by atoms with Crippen molar-refractivity contribution >= 4 is 21.7 Å². The largest absolute Gasteiger partial charge is 0.478 e. The molecule has 0 amide bonds. The van der Waals surface area contributed by atoms with E-state index in [0.29, 0.717) is 26.1 Å². The number of aromatic carboxylic acids is 1. The second-order valence-corrected chi connectivity index (χ2v) is 7.03. The Labute approximate surface area is 124 Å². The van der Waals surface area contributed by atoms with E-state index in [-0.39, 0.29) is 16.1 Å². The molecule has 0 saturated carbocycles. The van der Waals surface area contributed by atoms with E-state index >= 15 is 0 Å². The minimum atomic E-state index is -3.86. The van der Waals surface area contributed by atoms with Crippen LogP contribution in [0.2, 0.25) is 0 Å². The van der Waals surface area contributed by atoms with Gasteiger partial charge in [0, 0.05) is 25.3 Å². The molecule has 1 saturated heterocycles. The average molecular weight is 313 g/mol. The minimum Gasteiger partial charge on any atom is -0.478 e. The zero-order chi connectivity index (χ0) is 15.6. The summed E-state index contributed by atoms with van der Waals surface area (Å²) in [6, 6.07) is 3.83. The van der Waals surface area contributed by atoms with Crippen LogP contribution in [-0.2, 0) is 10.0 Å². The lowest BCUT2D eigenvalue weighted by atomic mass is 10.2. The highest BCUT2D eigenvalue weighted by Gasteiger charge is 2.30. The first-order valence-corrected chi connectivity index (χ1v) is 8.08. The van der Waals surface area contributed by atoms with Crippen LogP contribution in [0.15, 0.2) is 23.1 Å². The summed E-state index contributed by atoms with van der Waals surface area (Å²) in [5.74, 6) is -1.28. The van der Waals surface area contributed by atoms with Crippen molar-refractivity contribution in [3.8, 4) is 0 Å². The molecule has 0 radical (unpaired) electrons. The van der Waals surface area contributed by atoms with Crippen molar-refractivity contribution in [1.29, 1.82) is 0 Å². The molecule has 116 valence electrons. The number of likely N-dealkylation sites (N-methyl/N-ethyl adjacent to an activating group) is 1. The van der Waals surface area contributed by atoms with Gasteiger partial charge in [-0.05, 0) is 38.2 Å². The summed E-state index contributed by atoms with van der Waals surface area (Å²) in [7, 11) is -1.93. The third kappa shape index (κ3) is 3.34. The van der Waals surface area contributed by atoms with Crippen molar-refractivity contribution in [3.63, 3.8) is 0 Å². The fourth-order valence-electron chi connectivity index (χ4n) is 2.33. The lowest BCUT2D eigenvalue weighted by molar-refractivity contribution is 0.0692. The number of rotatable bonds is 3. The Bertz CT molecular complexity index is 645. The Morgan fingerprint density at radius 1 is 1.24 bits per heavy atom. The second kappa shape index (κ2) is 6.00. The summed E-state index contributed by atoms with van der Waals surface area (Å²) >= 11 is 0. The van der Waals surface area contributed by atoms with E-state index in [9.17, 15) is 18.3 Å². The standard InChI is InChI=1S/C13H19N3O4S/c1-15-5-2-6-16(8-7-15)21(19,20)12-9-10(14)3-4-11(12)13(17)18/h3-4,9H,2,5-8,14H2,1H3,(H,17,18). The molecule has 0 aliphatic carbocycles. The van der Waals surface area contributed by atoms with Gasteiger partial charge in [0.2, 0.25) is 10.0 Å². The van der Waals surface area contributed by atoms with E-state index in [2.05, 4.69) is 0 Å². The molecule has 0 aromatic heterocycles. The van der Waals surface area contributed by atoms with Gasteiger partial charge in [0.05, 0.1) is 10.5 Å². The van der Waals surface area contributed by atoms with Gasteiger partial charge in [-0.25, -0.2) is 13.2 Å². The fourth-order valence-corrected chi connectivity index (χ4v) is 4.02. The monoisotopic (exact) mass is 313 g/mol. The number of benzene rings is 1. The predicted molar refractivity (Wildman–Crippen MR) is 78.7 cm³/mol. The molecule has 0 spiro atoms. The van der Waals surface area contributed by atoms with Crippen molar-refractivity contribution < 1.29 is 18.3 Å². The molecule has 3 N–H and O–H groups in total. The first kappa shape index (κ1) is 15.7. The topological polar surface area (TPSA) is 104 Å². The molecule has 0 atom stereocenters. The highest BCUT2D eigenvalue weighted by molar-refractivity contribution is 7.89. The molecule has 21 heavy (non-hydrogen) atoms.